The largest absolute Gasteiger partial charge is 0.399 e. The van der Waals surface area contributed by atoms with E-state index in [2.05, 4.69) is 5.10 Å². The van der Waals surface area contributed by atoms with Crippen LogP contribution in [-0.2, 0) is 13.6 Å². The fourth-order valence-corrected chi connectivity index (χ4v) is 1.47. The molecule has 0 spiro atoms. The molecule has 1 aromatic carbocycles. The van der Waals surface area contributed by atoms with Crippen LogP contribution in [0.5, 0.6) is 0 Å². The molecule has 0 saturated heterocycles. The molecule has 5 nitrogen and oxygen atoms in total. The smallest absolute Gasteiger partial charge is 0.345 e. The third-order valence-electron chi connectivity index (χ3n) is 2.20. The van der Waals surface area contributed by atoms with Crippen molar-refractivity contribution in [3.05, 3.63) is 46.4 Å². The zero-order valence-corrected chi connectivity index (χ0v) is 8.72. The van der Waals surface area contributed by atoms with E-state index in [9.17, 15) is 9.18 Å². The summed E-state index contributed by atoms with van der Waals surface area (Å²) in [6, 6.07) is 4.17. The fraction of sp³-hybridized carbons (Fsp3) is 0.200. The lowest BCUT2D eigenvalue weighted by Crippen LogP contribution is -2.23. The van der Waals surface area contributed by atoms with Gasteiger partial charge in [-0.3, -0.25) is 4.57 Å². The Morgan fingerprint density at radius 3 is 2.75 bits per heavy atom. The minimum atomic E-state index is -0.418. The number of benzene rings is 1. The van der Waals surface area contributed by atoms with E-state index < -0.39 is 5.82 Å². The van der Waals surface area contributed by atoms with Gasteiger partial charge in [0, 0.05) is 12.7 Å². The molecule has 2 aromatic rings. The molecule has 0 aliphatic rings. The predicted molar refractivity (Wildman–Crippen MR) is 57.4 cm³/mol. The van der Waals surface area contributed by atoms with Crippen LogP contribution in [0.15, 0.2) is 29.3 Å². The van der Waals surface area contributed by atoms with E-state index >= 15 is 0 Å². The van der Waals surface area contributed by atoms with Crippen molar-refractivity contribution in [2.24, 2.45) is 7.05 Å². The van der Waals surface area contributed by atoms with Gasteiger partial charge in [-0.25, -0.2) is 13.9 Å². The van der Waals surface area contributed by atoms with E-state index in [0.29, 0.717) is 11.3 Å². The maximum Gasteiger partial charge on any atom is 0.345 e. The fourth-order valence-electron chi connectivity index (χ4n) is 1.47. The van der Waals surface area contributed by atoms with Crippen LogP contribution in [-0.4, -0.2) is 14.3 Å². The first kappa shape index (κ1) is 10.4. The molecule has 0 aliphatic heterocycles. The number of hydrogen-bond acceptors (Lipinski definition) is 3. The minimum Gasteiger partial charge on any atom is -0.399 e. The van der Waals surface area contributed by atoms with Crippen LogP contribution in [0.4, 0.5) is 10.1 Å². The van der Waals surface area contributed by atoms with Crippen LogP contribution < -0.4 is 11.4 Å². The van der Waals surface area contributed by atoms with Crippen molar-refractivity contribution in [1.29, 1.82) is 0 Å². The Bertz CT molecular complexity index is 552. The SMILES string of the molecule is Cn1cnn(Cc2cc(N)cc(F)c2)c1=O. The highest BCUT2D eigenvalue weighted by Crippen LogP contribution is 2.11. The van der Waals surface area contributed by atoms with Crippen LogP contribution >= 0.6 is 0 Å². The highest BCUT2D eigenvalue weighted by molar-refractivity contribution is 5.41. The van der Waals surface area contributed by atoms with Gasteiger partial charge < -0.3 is 5.73 Å². The molecule has 0 fully saturated rings. The Balaban J connectivity index is 2.34. The van der Waals surface area contributed by atoms with Crippen molar-refractivity contribution in [3.8, 4) is 0 Å². The maximum atomic E-state index is 13.0. The lowest BCUT2D eigenvalue weighted by molar-refractivity contribution is 0.614. The summed E-state index contributed by atoms with van der Waals surface area (Å²) in [4.78, 5) is 11.5. The molecule has 0 atom stereocenters. The van der Waals surface area contributed by atoms with Gasteiger partial charge in [0.2, 0.25) is 0 Å². The van der Waals surface area contributed by atoms with Crippen molar-refractivity contribution >= 4 is 5.69 Å². The zero-order chi connectivity index (χ0) is 11.7. The number of anilines is 1. The third-order valence-corrected chi connectivity index (χ3v) is 2.20. The molecule has 6 heteroatoms. The molecular formula is C10H11FN4O. The number of nitrogens with two attached hydrogens (primary N) is 1. The van der Waals surface area contributed by atoms with E-state index in [1.807, 2.05) is 0 Å². The standard InChI is InChI=1S/C10H11FN4O/c1-14-6-13-15(10(14)16)5-7-2-8(11)4-9(12)3-7/h2-4,6H,5,12H2,1H3. The topological polar surface area (TPSA) is 65.8 Å². The molecule has 16 heavy (non-hydrogen) atoms. The molecule has 1 heterocycles. The number of nitrogen functional groups attached to an aromatic ring is 1. The van der Waals surface area contributed by atoms with E-state index in [0.717, 1.165) is 0 Å². The van der Waals surface area contributed by atoms with Crippen molar-refractivity contribution < 1.29 is 4.39 Å². The number of rotatable bonds is 2. The lowest BCUT2D eigenvalue weighted by Gasteiger charge is -2.02. The van der Waals surface area contributed by atoms with E-state index in [1.54, 1.807) is 13.1 Å². The van der Waals surface area contributed by atoms with Crippen molar-refractivity contribution in [2.45, 2.75) is 6.54 Å². The van der Waals surface area contributed by atoms with E-state index in [-0.39, 0.29) is 12.2 Å². The second kappa shape index (κ2) is 3.80. The highest BCUT2D eigenvalue weighted by Gasteiger charge is 2.04. The van der Waals surface area contributed by atoms with Crippen molar-refractivity contribution in [1.82, 2.24) is 14.3 Å². The quantitative estimate of drug-likeness (QED) is 0.746. The molecule has 2 rings (SSSR count). The summed E-state index contributed by atoms with van der Waals surface area (Å²) < 4.78 is 15.6. The highest BCUT2D eigenvalue weighted by atomic mass is 19.1. The van der Waals surface area contributed by atoms with Gasteiger partial charge in [0.05, 0.1) is 6.54 Å². The van der Waals surface area contributed by atoms with E-state index in [1.165, 1.54) is 27.7 Å². The predicted octanol–water partition coefficient (Wildman–Crippen LogP) is 0.351. The summed E-state index contributed by atoms with van der Waals surface area (Å²) >= 11 is 0. The Kier molecular flexibility index (Phi) is 2.47. The lowest BCUT2D eigenvalue weighted by atomic mass is 10.2. The minimum absolute atomic E-state index is 0.210. The number of nitrogens with zero attached hydrogens (tertiary/aromatic N) is 3. The monoisotopic (exact) mass is 222 g/mol. The molecule has 0 radical (unpaired) electrons. The average molecular weight is 222 g/mol. The van der Waals surface area contributed by atoms with Gasteiger partial charge in [-0.2, -0.15) is 5.10 Å². The van der Waals surface area contributed by atoms with Gasteiger partial charge in [0.1, 0.15) is 12.1 Å². The Morgan fingerprint density at radius 1 is 1.44 bits per heavy atom. The van der Waals surface area contributed by atoms with E-state index in [4.69, 9.17) is 5.73 Å². The van der Waals surface area contributed by atoms with Gasteiger partial charge in [0.15, 0.2) is 0 Å². The van der Waals surface area contributed by atoms with Crippen molar-refractivity contribution in [2.75, 3.05) is 5.73 Å². The average Bonchev–Trinajstić information content (AvgIpc) is 2.48. The van der Waals surface area contributed by atoms with Crippen LogP contribution in [0.25, 0.3) is 0 Å². The molecule has 0 aliphatic carbocycles. The Hall–Kier alpha value is -2.11. The number of aromatic nitrogens is 3. The second-order valence-corrected chi connectivity index (χ2v) is 3.57. The normalized spacial score (nSPS) is 10.6. The van der Waals surface area contributed by atoms with Crippen LogP contribution in [0, 0.1) is 5.82 Å². The first-order valence-corrected chi connectivity index (χ1v) is 4.69. The summed E-state index contributed by atoms with van der Waals surface area (Å²) in [5, 5.41) is 3.87. The molecule has 0 saturated carbocycles. The molecular weight excluding hydrogens is 211 g/mol. The number of halogens is 1. The third kappa shape index (κ3) is 1.95. The number of hydrogen-bond donors (Lipinski definition) is 1. The molecule has 2 N–H and O–H groups in total. The maximum absolute atomic E-state index is 13.0. The molecule has 0 unspecified atom stereocenters. The van der Waals surface area contributed by atoms with Crippen LogP contribution in [0.1, 0.15) is 5.56 Å². The molecule has 0 amide bonds. The molecule has 1 aromatic heterocycles. The van der Waals surface area contributed by atoms with Gasteiger partial charge in [0.25, 0.3) is 0 Å². The van der Waals surface area contributed by atoms with Gasteiger partial charge in [-0.05, 0) is 23.8 Å². The van der Waals surface area contributed by atoms with Crippen molar-refractivity contribution in [3.63, 3.8) is 0 Å². The van der Waals surface area contributed by atoms with Gasteiger partial charge >= 0.3 is 5.69 Å². The summed E-state index contributed by atoms with van der Waals surface area (Å²) in [5.74, 6) is -0.418. The molecule has 0 bridgehead atoms. The number of aryl methyl sites for hydroxylation is 1. The zero-order valence-electron chi connectivity index (χ0n) is 8.72. The summed E-state index contributed by atoms with van der Waals surface area (Å²) in [5.41, 5.74) is 6.20. The van der Waals surface area contributed by atoms with Crippen LogP contribution in [0.3, 0.4) is 0 Å². The summed E-state index contributed by atoms with van der Waals surface area (Å²) in [7, 11) is 1.60. The van der Waals surface area contributed by atoms with Gasteiger partial charge in [-0.1, -0.05) is 0 Å². The van der Waals surface area contributed by atoms with Gasteiger partial charge in [-0.15, -0.1) is 0 Å². The first-order valence-electron chi connectivity index (χ1n) is 4.69. The first-order chi connectivity index (χ1) is 7.56. The summed E-state index contributed by atoms with van der Waals surface area (Å²) in [6.45, 7) is 0.210. The summed E-state index contributed by atoms with van der Waals surface area (Å²) in [6.07, 6.45) is 1.41. The Labute approximate surface area is 90.9 Å². The Morgan fingerprint density at radius 2 is 2.19 bits per heavy atom. The van der Waals surface area contributed by atoms with Crippen LogP contribution in [0.2, 0.25) is 0 Å². The molecule has 84 valence electrons. The second-order valence-electron chi connectivity index (χ2n) is 3.57.